The van der Waals surface area contributed by atoms with Crippen molar-refractivity contribution in [3.8, 4) is 0 Å². The molecule has 0 heterocycles. The molecule has 4 unspecified atom stereocenters. The van der Waals surface area contributed by atoms with Crippen molar-refractivity contribution in [3.63, 3.8) is 0 Å². The molecule has 25 heavy (non-hydrogen) atoms. The summed E-state index contributed by atoms with van der Waals surface area (Å²) in [5, 5.41) is 13.0. The number of rotatable bonds is 15. The van der Waals surface area contributed by atoms with Crippen LogP contribution in [0.15, 0.2) is 0 Å². The molecule has 6 nitrogen and oxygen atoms in total. The van der Waals surface area contributed by atoms with Gasteiger partial charge in [0, 0.05) is 19.6 Å². The molecule has 0 fully saturated rings. The third kappa shape index (κ3) is 11.3. The average molecular weight is 360 g/mol. The molecule has 148 valence electrons. The molecule has 0 aromatic rings. The van der Waals surface area contributed by atoms with Crippen molar-refractivity contribution in [3.05, 3.63) is 0 Å². The first-order valence-electron chi connectivity index (χ1n) is 9.45. The Morgan fingerprint density at radius 3 is 2.40 bits per heavy atom. The zero-order valence-electron chi connectivity index (χ0n) is 16.5. The van der Waals surface area contributed by atoms with E-state index in [0.717, 1.165) is 12.8 Å². The van der Waals surface area contributed by atoms with Crippen molar-refractivity contribution < 1.29 is 24.2 Å². The van der Waals surface area contributed by atoms with Crippen LogP contribution in [-0.2, 0) is 19.1 Å². The van der Waals surface area contributed by atoms with Gasteiger partial charge in [-0.2, -0.15) is 0 Å². The first-order chi connectivity index (χ1) is 11.8. The minimum absolute atomic E-state index is 0.0726. The fourth-order valence-electron chi connectivity index (χ4n) is 2.52. The number of ketones is 1. The number of nitrogens with one attached hydrogen (secondary N) is 1. The topological polar surface area (TPSA) is 84.9 Å². The molecule has 0 radical (unpaired) electrons. The highest BCUT2D eigenvalue weighted by Gasteiger charge is 2.21. The van der Waals surface area contributed by atoms with Gasteiger partial charge in [-0.15, -0.1) is 0 Å². The fourth-order valence-corrected chi connectivity index (χ4v) is 2.52. The molecule has 0 saturated heterocycles. The maximum atomic E-state index is 12.0. The Balaban J connectivity index is 3.97. The number of carbonyl (C=O) groups is 2. The Hall–Kier alpha value is -0.980. The average Bonchev–Trinajstić information content (AvgIpc) is 2.61. The van der Waals surface area contributed by atoms with E-state index < -0.39 is 18.1 Å². The van der Waals surface area contributed by atoms with Gasteiger partial charge in [0.05, 0.1) is 31.8 Å². The molecule has 0 bridgehead atoms. The van der Waals surface area contributed by atoms with E-state index in [4.69, 9.17) is 4.74 Å². The predicted octanol–water partition coefficient (Wildman–Crippen LogP) is 2.33. The van der Waals surface area contributed by atoms with Crippen LogP contribution in [-0.4, -0.2) is 55.9 Å². The van der Waals surface area contributed by atoms with Gasteiger partial charge in [-0.05, 0) is 19.3 Å². The maximum absolute atomic E-state index is 12.0. The largest absolute Gasteiger partial charge is 0.469 e. The number of hydrogen-bond acceptors (Lipinski definition) is 6. The smallest absolute Gasteiger partial charge is 0.308 e. The Kier molecular flexibility index (Phi) is 13.7. The second-order valence-corrected chi connectivity index (χ2v) is 6.83. The van der Waals surface area contributed by atoms with Gasteiger partial charge in [-0.3, -0.25) is 9.59 Å². The van der Waals surface area contributed by atoms with Crippen LogP contribution in [0.1, 0.15) is 59.8 Å². The third-order valence-electron chi connectivity index (χ3n) is 4.46. The number of Topliss-reactive ketones (excluding diaryl/α,β-unsaturated/α-hetero) is 1. The Morgan fingerprint density at radius 2 is 1.84 bits per heavy atom. The molecular formula is C19H37NO5. The zero-order chi connectivity index (χ0) is 19.2. The second-order valence-electron chi connectivity index (χ2n) is 6.83. The number of aliphatic hydroxyl groups is 1. The molecule has 0 aliphatic heterocycles. The number of aliphatic hydroxyl groups excluding tert-OH is 1. The van der Waals surface area contributed by atoms with Crippen molar-refractivity contribution in [1.29, 1.82) is 0 Å². The van der Waals surface area contributed by atoms with E-state index in [9.17, 15) is 14.7 Å². The summed E-state index contributed by atoms with van der Waals surface area (Å²) in [6.07, 6.45) is 4.10. The van der Waals surface area contributed by atoms with Crippen molar-refractivity contribution in [2.45, 2.75) is 71.9 Å². The number of unbranched alkanes of at least 4 members (excludes halogenated alkanes) is 1. The molecule has 0 spiro atoms. The molecule has 0 aliphatic rings. The third-order valence-corrected chi connectivity index (χ3v) is 4.46. The SMILES string of the molecule is CCCCC(CC)COCC(O)CNC(C)C(=O)CC(C)C(=O)OC. The van der Waals surface area contributed by atoms with Crippen molar-refractivity contribution in [2.24, 2.45) is 11.8 Å². The zero-order valence-corrected chi connectivity index (χ0v) is 16.5. The minimum Gasteiger partial charge on any atom is -0.469 e. The van der Waals surface area contributed by atoms with Gasteiger partial charge in [0.1, 0.15) is 5.78 Å². The number of ether oxygens (including phenoxy) is 2. The normalized spacial score (nSPS) is 16.1. The molecule has 0 rings (SSSR count). The molecule has 6 heteroatoms. The standard InChI is InChI=1S/C19H37NO5/c1-6-8-9-16(7-2)12-25-13-17(21)11-20-15(4)18(22)10-14(3)19(23)24-5/h14-17,20-21H,6-13H2,1-5H3. The summed E-state index contributed by atoms with van der Waals surface area (Å²) in [6.45, 7) is 8.94. The van der Waals surface area contributed by atoms with E-state index in [1.807, 2.05) is 0 Å². The van der Waals surface area contributed by atoms with Gasteiger partial charge < -0.3 is 19.9 Å². The predicted molar refractivity (Wildman–Crippen MR) is 98.4 cm³/mol. The summed E-state index contributed by atoms with van der Waals surface area (Å²) in [7, 11) is 1.31. The lowest BCUT2D eigenvalue weighted by Crippen LogP contribution is -2.41. The molecule has 0 aromatic heterocycles. The van der Waals surface area contributed by atoms with Gasteiger partial charge in [0.2, 0.25) is 0 Å². The summed E-state index contributed by atoms with van der Waals surface area (Å²) in [4.78, 5) is 23.4. The Bertz CT molecular complexity index is 375. The monoisotopic (exact) mass is 359 g/mol. The number of methoxy groups -OCH3 is 1. The first-order valence-corrected chi connectivity index (χ1v) is 9.45. The number of hydrogen-bond donors (Lipinski definition) is 2. The van der Waals surface area contributed by atoms with Crippen LogP contribution in [0.2, 0.25) is 0 Å². The molecule has 0 aliphatic carbocycles. The molecular weight excluding hydrogens is 322 g/mol. The van der Waals surface area contributed by atoms with Crippen LogP contribution in [0.5, 0.6) is 0 Å². The van der Waals surface area contributed by atoms with Crippen LogP contribution in [0.25, 0.3) is 0 Å². The summed E-state index contributed by atoms with van der Waals surface area (Å²) in [6, 6.07) is -0.422. The molecule has 2 N–H and O–H groups in total. The Morgan fingerprint density at radius 1 is 1.16 bits per heavy atom. The second kappa shape index (κ2) is 14.2. The van der Waals surface area contributed by atoms with Crippen LogP contribution in [0.4, 0.5) is 0 Å². The Labute approximate surface area is 152 Å². The lowest BCUT2D eigenvalue weighted by Gasteiger charge is -2.19. The van der Waals surface area contributed by atoms with Gasteiger partial charge in [0.25, 0.3) is 0 Å². The minimum atomic E-state index is -0.656. The van der Waals surface area contributed by atoms with Crippen LogP contribution >= 0.6 is 0 Å². The van der Waals surface area contributed by atoms with Gasteiger partial charge in [-0.25, -0.2) is 0 Å². The van der Waals surface area contributed by atoms with Crippen LogP contribution < -0.4 is 5.32 Å². The van der Waals surface area contributed by atoms with E-state index in [1.165, 1.54) is 20.0 Å². The molecule has 0 saturated carbocycles. The summed E-state index contributed by atoms with van der Waals surface area (Å²) in [5.41, 5.74) is 0. The summed E-state index contributed by atoms with van der Waals surface area (Å²) in [5.74, 6) is -0.372. The van der Waals surface area contributed by atoms with E-state index in [1.54, 1.807) is 13.8 Å². The van der Waals surface area contributed by atoms with Crippen LogP contribution in [0, 0.1) is 11.8 Å². The molecule has 4 atom stereocenters. The van der Waals surface area contributed by atoms with Crippen molar-refractivity contribution in [1.82, 2.24) is 5.32 Å². The number of carbonyl (C=O) groups excluding carboxylic acids is 2. The lowest BCUT2D eigenvalue weighted by atomic mass is 10.0. The van der Waals surface area contributed by atoms with E-state index in [2.05, 4.69) is 23.9 Å². The highest BCUT2D eigenvalue weighted by atomic mass is 16.5. The van der Waals surface area contributed by atoms with E-state index in [-0.39, 0.29) is 31.3 Å². The first kappa shape index (κ1) is 24.0. The van der Waals surface area contributed by atoms with Gasteiger partial charge in [0.15, 0.2) is 0 Å². The summed E-state index contributed by atoms with van der Waals surface area (Å²) < 4.78 is 10.2. The summed E-state index contributed by atoms with van der Waals surface area (Å²) >= 11 is 0. The lowest BCUT2D eigenvalue weighted by molar-refractivity contribution is -0.146. The molecule has 0 aromatic carbocycles. The van der Waals surface area contributed by atoms with E-state index in [0.29, 0.717) is 12.5 Å². The van der Waals surface area contributed by atoms with Crippen molar-refractivity contribution in [2.75, 3.05) is 26.9 Å². The highest BCUT2D eigenvalue weighted by molar-refractivity contribution is 5.87. The van der Waals surface area contributed by atoms with Crippen molar-refractivity contribution >= 4 is 11.8 Å². The van der Waals surface area contributed by atoms with Gasteiger partial charge >= 0.3 is 5.97 Å². The number of esters is 1. The van der Waals surface area contributed by atoms with Gasteiger partial charge in [-0.1, -0.05) is 40.0 Å². The molecule has 0 amide bonds. The van der Waals surface area contributed by atoms with E-state index >= 15 is 0 Å². The highest BCUT2D eigenvalue weighted by Crippen LogP contribution is 2.13. The quantitative estimate of drug-likeness (QED) is 0.437. The van der Waals surface area contributed by atoms with Crippen LogP contribution in [0.3, 0.4) is 0 Å². The fraction of sp³-hybridized carbons (Fsp3) is 0.895. The maximum Gasteiger partial charge on any atom is 0.308 e.